The average Bonchev–Trinajstić information content (AvgIpc) is 2.91. The molecule has 1 amide bonds. The summed E-state index contributed by atoms with van der Waals surface area (Å²) in [7, 11) is 0. The van der Waals surface area contributed by atoms with E-state index in [0.717, 1.165) is 25.0 Å². The lowest BCUT2D eigenvalue weighted by atomic mass is 10.3. The molecule has 2 aromatic rings. The van der Waals surface area contributed by atoms with Crippen molar-refractivity contribution < 1.29 is 9.53 Å². The van der Waals surface area contributed by atoms with E-state index < -0.39 is 6.09 Å². The van der Waals surface area contributed by atoms with Crippen molar-refractivity contribution in [2.45, 2.75) is 12.5 Å². The second-order valence-electron chi connectivity index (χ2n) is 4.41. The number of hydrogen-bond acceptors (Lipinski definition) is 5. The summed E-state index contributed by atoms with van der Waals surface area (Å²) in [6, 6.07) is 7.18. The van der Waals surface area contributed by atoms with Gasteiger partial charge in [-0.05, 0) is 31.2 Å². The number of rotatable bonds is 2. The van der Waals surface area contributed by atoms with E-state index in [9.17, 15) is 4.79 Å². The summed E-state index contributed by atoms with van der Waals surface area (Å²) in [6.07, 6.45) is 2.15. The first-order valence-corrected chi connectivity index (χ1v) is 6.22. The van der Waals surface area contributed by atoms with Gasteiger partial charge in [-0.15, -0.1) is 0 Å². The lowest BCUT2D eigenvalue weighted by Crippen LogP contribution is -2.38. The lowest BCUT2D eigenvalue weighted by molar-refractivity contribution is 0.195. The van der Waals surface area contributed by atoms with Crippen LogP contribution in [0.25, 0.3) is 11.0 Å². The van der Waals surface area contributed by atoms with Crippen molar-refractivity contribution >= 4 is 17.1 Å². The molecule has 19 heavy (non-hydrogen) atoms. The first-order chi connectivity index (χ1) is 9.31. The number of carbonyl (C=O) groups excluding carboxylic acids is 1. The smallest absolute Gasteiger partial charge is 0.391 e. The van der Waals surface area contributed by atoms with Crippen LogP contribution < -0.4 is 15.4 Å². The minimum absolute atomic E-state index is 0.134. The Kier molecular flexibility index (Phi) is 3.24. The van der Waals surface area contributed by atoms with Crippen molar-refractivity contribution in [1.82, 2.24) is 20.6 Å². The number of fused-ring (bicyclic) bond motifs is 1. The van der Waals surface area contributed by atoms with Gasteiger partial charge in [-0.25, -0.2) is 9.78 Å². The molecule has 1 atom stereocenters. The molecule has 1 fully saturated rings. The number of pyridine rings is 2. The highest BCUT2D eigenvalue weighted by molar-refractivity contribution is 5.75. The van der Waals surface area contributed by atoms with Gasteiger partial charge in [-0.3, -0.25) is 4.98 Å². The van der Waals surface area contributed by atoms with Crippen LogP contribution in [0.3, 0.4) is 0 Å². The first kappa shape index (κ1) is 11.9. The minimum Gasteiger partial charge on any atom is -0.391 e. The molecule has 1 unspecified atom stereocenters. The van der Waals surface area contributed by atoms with Gasteiger partial charge >= 0.3 is 6.09 Å². The summed E-state index contributed by atoms with van der Waals surface area (Å²) >= 11 is 0. The maximum Gasteiger partial charge on any atom is 0.414 e. The van der Waals surface area contributed by atoms with Crippen LogP contribution in [-0.2, 0) is 0 Å². The highest BCUT2D eigenvalue weighted by Gasteiger charge is 2.17. The Hall–Kier alpha value is -2.21. The Morgan fingerprint density at radius 2 is 2.32 bits per heavy atom. The van der Waals surface area contributed by atoms with Crippen molar-refractivity contribution in [2.24, 2.45) is 0 Å². The summed E-state index contributed by atoms with van der Waals surface area (Å²) < 4.78 is 5.17. The molecule has 1 saturated heterocycles. The topological polar surface area (TPSA) is 76.1 Å². The van der Waals surface area contributed by atoms with Gasteiger partial charge in [0.1, 0.15) is 0 Å². The van der Waals surface area contributed by atoms with Crippen LogP contribution in [0.5, 0.6) is 5.88 Å². The van der Waals surface area contributed by atoms with Gasteiger partial charge in [0.25, 0.3) is 0 Å². The molecule has 6 nitrogen and oxygen atoms in total. The molecule has 2 aromatic heterocycles. The molecule has 0 saturated carbocycles. The van der Waals surface area contributed by atoms with E-state index in [1.807, 2.05) is 6.07 Å². The molecule has 2 N–H and O–H groups in total. The number of amides is 1. The fourth-order valence-electron chi connectivity index (χ4n) is 2.06. The van der Waals surface area contributed by atoms with Crippen molar-refractivity contribution in [3.8, 4) is 5.88 Å². The molecule has 3 rings (SSSR count). The number of carbonyl (C=O) groups is 1. The molecule has 98 valence electrons. The zero-order valence-corrected chi connectivity index (χ0v) is 10.3. The van der Waals surface area contributed by atoms with Gasteiger partial charge in [-0.1, -0.05) is 0 Å². The molecular weight excluding hydrogens is 244 g/mol. The fraction of sp³-hybridized carbons (Fsp3) is 0.308. The van der Waals surface area contributed by atoms with Gasteiger partial charge in [0.2, 0.25) is 5.88 Å². The van der Waals surface area contributed by atoms with Gasteiger partial charge in [0, 0.05) is 24.8 Å². The van der Waals surface area contributed by atoms with Crippen LogP contribution >= 0.6 is 0 Å². The highest BCUT2D eigenvalue weighted by atomic mass is 16.6. The zero-order chi connectivity index (χ0) is 13.1. The predicted octanol–water partition coefficient (Wildman–Crippen LogP) is 1.08. The normalized spacial score (nSPS) is 18.4. The molecule has 0 aromatic carbocycles. The Labute approximate surface area is 110 Å². The third-order valence-corrected chi connectivity index (χ3v) is 3.01. The largest absolute Gasteiger partial charge is 0.414 e. The second kappa shape index (κ2) is 5.19. The number of hydrogen-bond donors (Lipinski definition) is 2. The van der Waals surface area contributed by atoms with Crippen LogP contribution in [0.1, 0.15) is 6.42 Å². The number of aromatic nitrogens is 2. The predicted molar refractivity (Wildman–Crippen MR) is 70.0 cm³/mol. The summed E-state index contributed by atoms with van der Waals surface area (Å²) in [4.78, 5) is 20.1. The van der Waals surface area contributed by atoms with Crippen molar-refractivity contribution in [1.29, 1.82) is 0 Å². The van der Waals surface area contributed by atoms with E-state index in [1.54, 1.807) is 24.4 Å². The summed E-state index contributed by atoms with van der Waals surface area (Å²) in [5.41, 5.74) is 1.48. The molecule has 3 heterocycles. The Bertz CT molecular complexity index is 596. The van der Waals surface area contributed by atoms with E-state index in [2.05, 4.69) is 20.6 Å². The molecule has 0 radical (unpaired) electrons. The third kappa shape index (κ3) is 2.79. The monoisotopic (exact) mass is 258 g/mol. The van der Waals surface area contributed by atoms with Crippen LogP contribution in [-0.4, -0.2) is 35.2 Å². The number of nitrogens with one attached hydrogen (secondary N) is 2. The van der Waals surface area contributed by atoms with Gasteiger partial charge < -0.3 is 15.4 Å². The van der Waals surface area contributed by atoms with E-state index in [0.29, 0.717) is 5.52 Å². The fourth-order valence-corrected chi connectivity index (χ4v) is 2.06. The minimum atomic E-state index is -0.468. The summed E-state index contributed by atoms with van der Waals surface area (Å²) in [6.45, 7) is 1.70. The number of ether oxygens (including phenoxy) is 1. The molecule has 1 aliphatic heterocycles. The Balaban J connectivity index is 1.68. The zero-order valence-electron chi connectivity index (χ0n) is 10.3. The van der Waals surface area contributed by atoms with Crippen molar-refractivity contribution in [3.63, 3.8) is 0 Å². The first-order valence-electron chi connectivity index (χ1n) is 6.22. The van der Waals surface area contributed by atoms with Crippen molar-refractivity contribution in [2.75, 3.05) is 13.1 Å². The second-order valence-corrected chi connectivity index (χ2v) is 4.41. The third-order valence-electron chi connectivity index (χ3n) is 3.01. The van der Waals surface area contributed by atoms with E-state index in [4.69, 9.17) is 4.74 Å². The molecule has 1 aliphatic rings. The van der Waals surface area contributed by atoms with Crippen LogP contribution in [0.4, 0.5) is 4.79 Å². The molecule has 0 spiro atoms. The highest BCUT2D eigenvalue weighted by Crippen LogP contribution is 2.14. The molecule has 0 aliphatic carbocycles. The van der Waals surface area contributed by atoms with Crippen LogP contribution in [0, 0.1) is 0 Å². The molecule has 6 heteroatoms. The number of nitrogens with zero attached hydrogens (tertiary/aromatic N) is 2. The van der Waals surface area contributed by atoms with Crippen LogP contribution in [0.2, 0.25) is 0 Å². The van der Waals surface area contributed by atoms with Gasteiger partial charge in [-0.2, -0.15) is 0 Å². The quantitative estimate of drug-likeness (QED) is 0.843. The molecule has 0 bridgehead atoms. The average molecular weight is 258 g/mol. The lowest BCUT2D eigenvalue weighted by Gasteiger charge is -2.10. The summed E-state index contributed by atoms with van der Waals surface area (Å²) in [5, 5.41) is 5.97. The maximum absolute atomic E-state index is 11.7. The SMILES string of the molecule is O=C(NC1CCNC1)Oc1ccc2ncccc2n1. The molecular formula is C13H14N4O2. The van der Waals surface area contributed by atoms with E-state index in [-0.39, 0.29) is 11.9 Å². The maximum atomic E-state index is 11.7. The Morgan fingerprint density at radius 1 is 1.37 bits per heavy atom. The Morgan fingerprint density at radius 3 is 3.16 bits per heavy atom. The van der Waals surface area contributed by atoms with Crippen molar-refractivity contribution in [3.05, 3.63) is 30.5 Å². The van der Waals surface area contributed by atoms with Crippen LogP contribution in [0.15, 0.2) is 30.5 Å². The van der Waals surface area contributed by atoms with E-state index in [1.165, 1.54) is 0 Å². The summed E-state index contributed by atoms with van der Waals surface area (Å²) in [5.74, 6) is 0.281. The van der Waals surface area contributed by atoms with Gasteiger partial charge in [0.15, 0.2) is 0 Å². The standard InChI is InChI=1S/C13H14N4O2/c18-13(16-9-5-7-14-8-9)19-12-4-3-10-11(17-12)2-1-6-15-10/h1-4,6,9,14H,5,7-8H2,(H,16,18). The van der Waals surface area contributed by atoms with Gasteiger partial charge in [0.05, 0.1) is 11.0 Å². The van der Waals surface area contributed by atoms with E-state index >= 15 is 0 Å².